The van der Waals surface area contributed by atoms with Gasteiger partial charge in [-0.25, -0.2) is 4.79 Å². The molecule has 1 heterocycles. The average molecular weight is 422 g/mol. The predicted octanol–water partition coefficient (Wildman–Crippen LogP) is 2.16. The number of hydrogen-bond acceptors (Lipinski definition) is 5. The highest BCUT2D eigenvalue weighted by Gasteiger charge is 2.50. The topological polar surface area (TPSA) is 91.0 Å². The van der Waals surface area contributed by atoms with Gasteiger partial charge in [0.2, 0.25) is 0 Å². The molecule has 1 aliphatic carbocycles. The molecule has 1 saturated carbocycles. The number of carbonyl (C=O) groups excluding carboxylic acids is 3. The first-order valence-corrected chi connectivity index (χ1v) is 10.3. The summed E-state index contributed by atoms with van der Waals surface area (Å²) in [5, 5.41) is 3.47. The van der Waals surface area contributed by atoms with Crippen molar-refractivity contribution in [2.75, 3.05) is 13.7 Å². The van der Waals surface area contributed by atoms with Crippen molar-refractivity contribution in [3.63, 3.8) is 0 Å². The predicted molar refractivity (Wildman–Crippen MR) is 114 cm³/mol. The van der Waals surface area contributed by atoms with Gasteiger partial charge in [0, 0.05) is 12.6 Å². The summed E-state index contributed by atoms with van der Waals surface area (Å²) in [6, 6.07) is 16.4. The van der Waals surface area contributed by atoms with E-state index in [9.17, 15) is 14.4 Å². The lowest BCUT2D eigenvalue weighted by molar-refractivity contribution is -0.139. The zero-order valence-corrected chi connectivity index (χ0v) is 17.6. The van der Waals surface area contributed by atoms with Crippen LogP contribution in [0.1, 0.15) is 30.9 Å². The van der Waals surface area contributed by atoms with E-state index in [2.05, 4.69) is 15.6 Å². The van der Waals surface area contributed by atoms with Crippen molar-refractivity contribution in [1.82, 2.24) is 20.7 Å². The van der Waals surface area contributed by atoms with Crippen LogP contribution in [0.3, 0.4) is 0 Å². The molecule has 0 aromatic heterocycles. The molecule has 2 fully saturated rings. The van der Waals surface area contributed by atoms with E-state index >= 15 is 0 Å². The van der Waals surface area contributed by atoms with Crippen LogP contribution in [0.5, 0.6) is 5.75 Å². The molecule has 1 atom stereocenters. The Hall–Kier alpha value is -3.39. The number of benzene rings is 2. The summed E-state index contributed by atoms with van der Waals surface area (Å²) < 4.78 is 5.19. The number of methoxy groups -OCH3 is 1. The molecule has 0 spiro atoms. The first kappa shape index (κ1) is 20.9. The van der Waals surface area contributed by atoms with Gasteiger partial charge in [0.05, 0.1) is 13.7 Å². The van der Waals surface area contributed by atoms with Gasteiger partial charge in [-0.2, -0.15) is 5.01 Å². The largest absolute Gasteiger partial charge is 0.497 e. The molecule has 2 N–H and O–H groups in total. The summed E-state index contributed by atoms with van der Waals surface area (Å²) in [5.41, 5.74) is 2.99. The lowest BCUT2D eigenvalue weighted by atomic mass is 9.92. The van der Waals surface area contributed by atoms with Gasteiger partial charge in [0.25, 0.3) is 11.8 Å². The number of hydrazine groups is 1. The molecule has 1 saturated heterocycles. The number of nitrogens with zero attached hydrogens (tertiary/aromatic N) is 2. The van der Waals surface area contributed by atoms with Crippen LogP contribution in [-0.4, -0.2) is 47.5 Å². The lowest BCUT2D eigenvalue weighted by Gasteiger charge is -2.24. The lowest BCUT2D eigenvalue weighted by Crippen LogP contribution is -2.50. The van der Waals surface area contributed by atoms with Crippen LogP contribution < -0.4 is 15.5 Å². The third-order valence-corrected chi connectivity index (χ3v) is 5.73. The summed E-state index contributed by atoms with van der Waals surface area (Å²) in [6.45, 7) is 2.33. The maximum Gasteiger partial charge on any atom is 0.344 e. The summed E-state index contributed by atoms with van der Waals surface area (Å²) in [6.07, 6.45) is 2.05. The molecule has 31 heavy (non-hydrogen) atoms. The van der Waals surface area contributed by atoms with Crippen LogP contribution >= 0.6 is 0 Å². The van der Waals surface area contributed by atoms with Crippen molar-refractivity contribution in [1.29, 1.82) is 0 Å². The molecule has 0 unspecified atom stereocenters. The Morgan fingerprint density at radius 3 is 2.45 bits per heavy atom. The molecule has 4 rings (SSSR count). The smallest absolute Gasteiger partial charge is 0.344 e. The van der Waals surface area contributed by atoms with E-state index in [1.807, 2.05) is 30.3 Å². The highest BCUT2D eigenvalue weighted by atomic mass is 16.5. The Balaban J connectivity index is 1.41. The van der Waals surface area contributed by atoms with Crippen molar-refractivity contribution < 1.29 is 19.1 Å². The number of carbonyl (C=O) groups is 3. The summed E-state index contributed by atoms with van der Waals surface area (Å²) in [4.78, 5) is 40.2. The van der Waals surface area contributed by atoms with Gasteiger partial charge < -0.3 is 10.1 Å². The summed E-state index contributed by atoms with van der Waals surface area (Å²) in [5.74, 6) is -0.133. The number of hydrogen-bond donors (Lipinski definition) is 2. The molecule has 2 aliphatic rings. The quantitative estimate of drug-likeness (QED) is 0.636. The van der Waals surface area contributed by atoms with E-state index in [1.54, 1.807) is 38.3 Å². The standard InChI is InChI=1S/C23H26N4O4/c1-23(17-6-4-3-5-7-17)21(29)27(22(30)24-23)25-20(28)15-26(18-10-11-18)14-16-8-12-19(31-2)13-9-16/h3-9,12-13,18H,10-11,14-15H2,1-2H3,(H,24,30)(H,25,28)/t23-/m0/s1. The van der Waals surface area contributed by atoms with Crippen LogP contribution in [0.25, 0.3) is 0 Å². The normalized spacial score (nSPS) is 20.7. The zero-order chi connectivity index (χ0) is 22.0. The van der Waals surface area contributed by atoms with E-state index in [-0.39, 0.29) is 6.54 Å². The zero-order valence-electron chi connectivity index (χ0n) is 17.6. The SMILES string of the molecule is COc1ccc(CN(CC(=O)NN2C(=O)N[C@@](C)(c3ccccc3)C2=O)C2CC2)cc1. The maximum atomic E-state index is 13.0. The fourth-order valence-corrected chi connectivity index (χ4v) is 3.77. The van der Waals surface area contributed by atoms with Gasteiger partial charge in [-0.3, -0.25) is 19.9 Å². The fourth-order valence-electron chi connectivity index (χ4n) is 3.77. The Bertz CT molecular complexity index is 975. The fraction of sp³-hybridized carbons (Fsp3) is 0.348. The minimum absolute atomic E-state index is 0.0931. The molecule has 1 aliphatic heterocycles. The molecule has 4 amide bonds. The molecule has 162 valence electrons. The Morgan fingerprint density at radius 2 is 1.84 bits per heavy atom. The third kappa shape index (κ3) is 4.39. The first-order valence-electron chi connectivity index (χ1n) is 10.3. The van der Waals surface area contributed by atoms with E-state index in [0.717, 1.165) is 29.2 Å². The number of ether oxygens (including phenoxy) is 1. The highest BCUT2D eigenvalue weighted by Crippen LogP contribution is 2.29. The molecule has 0 radical (unpaired) electrons. The van der Waals surface area contributed by atoms with Gasteiger partial charge in [-0.05, 0) is 43.0 Å². The van der Waals surface area contributed by atoms with Gasteiger partial charge in [0.1, 0.15) is 11.3 Å². The van der Waals surface area contributed by atoms with Crippen LogP contribution in [0.15, 0.2) is 54.6 Å². The molecule has 8 heteroatoms. The number of urea groups is 1. The molecule has 2 aromatic rings. The monoisotopic (exact) mass is 422 g/mol. The Kier molecular flexibility index (Phi) is 5.65. The van der Waals surface area contributed by atoms with E-state index in [1.165, 1.54) is 0 Å². The van der Waals surface area contributed by atoms with Crippen molar-refractivity contribution in [3.05, 3.63) is 65.7 Å². The van der Waals surface area contributed by atoms with Gasteiger partial charge in [-0.1, -0.05) is 42.5 Å². The molecular weight excluding hydrogens is 396 g/mol. The van der Waals surface area contributed by atoms with Crippen molar-refractivity contribution in [3.8, 4) is 5.75 Å². The highest BCUT2D eigenvalue weighted by molar-refractivity contribution is 6.08. The van der Waals surface area contributed by atoms with Gasteiger partial charge >= 0.3 is 6.03 Å². The second-order valence-electron chi connectivity index (χ2n) is 8.08. The van der Waals surface area contributed by atoms with E-state index < -0.39 is 23.4 Å². The number of nitrogens with one attached hydrogen (secondary N) is 2. The van der Waals surface area contributed by atoms with Crippen LogP contribution in [-0.2, 0) is 21.7 Å². The van der Waals surface area contributed by atoms with Crippen LogP contribution in [0.2, 0.25) is 0 Å². The molecule has 8 nitrogen and oxygen atoms in total. The van der Waals surface area contributed by atoms with E-state index in [4.69, 9.17) is 4.74 Å². The van der Waals surface area contributed by atoms with Crippen LogP contribution in [0.4, 0.5) is 4.79 Å². The molecular formula is C23H26N4O4. The van der Waals surface area contributed by atoms with Gasteiger partial charge in [0.15, 0.2) is 0 Å². The Morgan fingerprint density at radius 1 is 1.16 bits per heavy atom. The first-order chi connectivity index (χ1) is 14.9. The summed E-state index contributed by atoms with van der Waals surface area (Å²) >= 11 is 0. The average Bonchev–Trinajstić information content (AvgIpc) is 3.60. The number of rotatable bonds is 8. The van der Waals surface area contributed by atoms with Crippen LogP contribution in [0, 0.1) is 0 Å². The number of amides is 4. The summed E-state index contributed by atoms with van der Waals surface area (Å²) in [7, 11) is 1.62. The minimum Gasteiger partial charge on any atom is -0.497 e. The maximum absolute atomic E-state index is 13.0. The minimum atomic E-state index is -1.22. The molecule has 0 bridgehead atoms. The second-order valence-corrected chi connectivity index (χ2v) is 8.08. The third-order valence-electron chi connectivity index (χ3n) is 5.73. The molecule has 2 aromatic carbocycles. The van der Waals surface area contributed by atoms with Crippen molar-refractivity contribution >= 4 is 17.8 Å². The van der Waals surface area contributed by atoms with Crippen molar-refractivity contribution in [2.45, 2.75) is 37.9 Å². The Labute approximate surface area is 181 Å². The second kappa shape index (κ2) is 8.39. The number of imide groups is 1. The van der Waals surface area contributed by atoms with E-state index in [0.29, 0.717) is 18.2 Å². The van der Waals surface area contributed by atoms with Crippen molar-refractivity contribution in [2.24, 2.45) is 0 Å². The van der Waals surface area contributed by atoms with Gasteiger partial charge in [-0.15, -0.1) is 0 Å².